The summed E-state index contributed by atoms with van der Waals surface area (Å²) in [4.78, 5) is 18.1. The summed E-state index contributed by atoms with van der Waals surface area (Å²) >= 11 is 6.29. The molecule has 5 nitrogen and oxygen atoms in total. The first kappa shape index (κ1) is 13.1. The van der Waals surface area contributed by atoms with Gasteiger partial charge in [-0.3, -0.25) is 4.79 Å². The lowest BCUT2D eigenvalue weighted by Gasteiger charge is -2.25. The molecule has 1 saturated heterocycles. The maximum absolute atomic E-state index is 11.8. The van der Waals surface area contributed by atoms with E-state index in [1.165, 1.54) is 0 Å². The van der Waals surface area contributed by atoms with Gasteiger partial charge < -0.3 is 16.0 Å². The molecule has 0 radical (unpaired) electrons. The molecule has 0 aromatic carbocycles. The first-order chi connectivity index (χ1) is 8.69. The molecule has 0 spiro atoms. The number of halogens is 1. The molecule has 1 amide bonds. The molecule has 2 heterocycles. The van der Waals surface area contributed by atoms with Crippen molar-refractivity contribution in [2.45, 2.75) is 25.4 Å². The van der Waals surface area contributed by atoms with Gasteiger partial charge in [-0.2, -0.15) is 0 Å². The van der Waals surface area contributed by atoms with Gasteiger partial charge in [-0.1, -0.05) is 11.6 Å². The molecule has 1 fully saturated rings. The summed E-state index contributed by atoms with van der Waals surface area (Å²) in [6, 6.07) is 1.62. The van der Waals surface area contributed by atoms with Crippen LogP contribution in [0.15, 0.2) is 12.3 Å². The highest BCUT2D eigenvalue weighted by atomic mass is 35.5. The zero-order valence-electron chi connectivity index (χ0n) is 10.3. The van der Waals surface area contributed by atoms with E-state index in [0.29, 0.717) is 17.4 Å². The van der Waals surface area contributed by atoms with Crippen molar-refractivity contribution in [3.63, 3.8) is 0 Å². The normalized spacial score (nSPS) is 19.1. The first-order valence-corrected chi connectivity index (χ1v) is 6.38. The highest BCUT2D eigenvalue weighted by Crippen LogP contribution is 2.31. The highest BCUT2D eigenvalue weighted by molar-refractivity contribution is 6.33. The molecule has 1 atom stereocenters. The van der Waals surface area contributed by atoms with Crippen LogP contribution in [-0.4, -0.2) is 30.5 Å². The summed E-state index contributed by atoms with van der Waals surface area (Å²) in [5.74, 6) is 0.661. The largest absolute Gasteiger partial charge is 0.357 e. The molecule has 18 heavy (non-hydrogen) atoms. The molecule has 3 N–H and O–H groups in total. The summed E-state index contributed by atoms with van der Waals surface area (Å²) in [7, 11) is 1.64. The zero-order valence-corrected chi connectivity index (χ0v) is 11.1. The van der Waals surface area contributed by atoms with E-state index in [9.17, 15) is 4.79 Å². The summed E-state index contributed by atoms with van der Waals surface area (Å²) in [5.41, 5.74) is 6.48. The number of nitrogens with zero attached hydrogens (tertiary/aromatic N) is 2. The number of carbonyl (C=O) groups is 1. The van der Waals surface area contributed by atoms with Gasteiger partial charge in [0.2, 0.25) is 5.91 Å². The van der Waals surface area contributed by atoms with Crippen molar-refractivity contribution in [2.24, 2.45) is 5.73 Å². The molecule has 1 aromatic heterocycles. The summed E-state index contributed by atoms with van der Waals surface area (Å²) < 4.78 is 0. The van der Waals surface area contributed by atoms with Crippen LogP contribution in [0.4, 0.5) is 5.82 Å². The topological polar surface area (TPSA) is 71.2 Å². The molecule has 1 aliphatic rings. The van der Waals surface area contributed by atoms with Gasteiger partial charge in [-0.15, -0.1) is 0 Å². The fourth-order valence-corrected chi connectivity index (χ4v) is 2.59. The quantitative estimate of drug-likeness (QED) is 0.855. The third-order valence-electron chi connectivity index (χ3n) is 3.24. The Labute approximate surface area is 111 Å². The molecule has 1 unspecified atom stereocenters. The molecule has 1 aromatic rings. The maximum atomic E-state index is 11.8. The zero-order chi connectivity index (χ0) is 13.1. The standard InChI is InChI=1S/C12H17ClN4O/c1-15-12(18)9-3-2-6-17(9)11-10(13)8(7-14)4-5-16-11/h4-5,9H,2-3,6-7,14H2,1H3,(H,15,18). The van der Waals surface area contributed by atoms with E-state index in [2.05, 4.69) is 10.3 Å². The number of rotatable bonds is 3. The lowest BCUT2D eigenvalue weighted by Crippen LogP contribution is -2.42. The summed E-state index contributed by atoms with van der Waals surface area (Å²) in [6.07, 6.45) is 3.47. The predicted octanol–water partition coefficient (Wildman–Crippen LogP) is 0.908. The minimum absolute atomic E-state index is 0.00326. The van der Waals surface area contributed by atoms with E-state index in [1.807, 2.05) is 4.90 Å². The van der Waals surface area contributed by atoms with Crippen molar-refractivity contribution >= 4 is 23.3 Å². The van der Waals surface area contributed by atoms with Gasteiger partial charge in [0.05, 0.1) is 5.02 Å². The van der Waals surface area contributed by atoms with Gasteiger partial charge in [0.25, 0.3) is 0 Å². The van der Waals surface area contributed by atoms with Gasteiger partial charge in [-0.05, 0) is 24.5 Å². The van der Waals surface area contributed by atoms with Gasteiger partial charge in [0, 0.05) is 26.3 Å². The smallest absolute Gasteiger partial charge is 0.242 e. The first-order valence-electron chi connectivity index (χ1n) is 6.00. The highest BCUT2D eigenvalue weighted by Gasteiger charge is 2.32. The van der Waals surface area contributed by atoms with Crippen molar-refractivity contribution in [3.05, 3.63) is 22.8 Å². The van der Waals surface area contributed by atoms with Crippen LogP contribution in [0.5, 0.6) is 0 Å². The fourth-order valence-electron chi connectivity index (χ4n) is 2.29. The van der Waals surface area contributed by atoms with Crippen LogP contribution >= 0.6 is 11.6 Å². The summed E-state index contributed by atoms with van der Waals surface area (Å²) in [6.45, 7) is 1.16. The van der Waals surface area contributed by atoms with Crippen LogP contribution in [0.3, 0.4) is 0 Å². The fraction of sp³-hybridized carbons (Fsp3) is 0.500. The van der Waals surface area contributed by atoms with Crippen LogP contribution in [0, 0.1) is 0 Å². The van der Waals surface area contributed by atoms with Crippen molar-refractivity contribution < 1.29 is 4.79 Å². The second-order valence-electron chi connectivity index (χ2n) is 4.28. The van der Waals surface area contributed by atoms with E-state index in [4.69, 9.17) is 17.3 Å². The maximum Gasteiger partial charge on any atom is 0.242 e. The Kier molecular flexibility index (Phi) is 4.04. The van der Waals surface area contributed by atoms with Crippen LogP contribution < -0.4 is 16.0 Å². The number of pyridine rings is 1. The van der Waals surface area contributed by atoms with Gasteiger partial charge in [0.15, 0.2) is 0 Å². The van der Waals surface area contributed by atoms with Crippen LogP contribution in [0.25, 0.3) is 0 Å². The molecule has 1 aliphatic heterocycles. The predicted molar refractivity (Wildman–Crippen MR) is 71.6 cm³/mol. The Balaban J connectivity index is 2.33. The third kappa shape index (κ3) is 2.28. The van der Waals surface area contributed by atoms with Gasteiger partial charge in [-0.25, -0.2) is 4.98 Å². The average molecular weight is 269 g/mol. The number of carbonyl (C=O) groups excluding carboxylic acids is 1. The van der Waals surface area contributed by atoms with E-state index in [0.717, 1.165) is 24.9 Å². The van der Waals surface area contributed by atoms with Crippen molar-refractivity contribution in [2.75, 3.05) is 18.5 Å². The molecule has 2 rings (SSSR count). The number of likely N-dealkylation sites (N-methyl/N-ethyl adjacent to an activating group) is 1. The third-order valence-corrected chi connectivity index (χ3v) is 3.66. The minimum Gasteiger partial charge on any atom is -0.357 e. The lowest BCUT2D eigenvalue weighted by molar-refractivity contribution is -0.121. The minimum atomic E-state index is -0.187. The van der Waals surface area contributed by atoms with Crippen molar-refractivity contribution in [1.29, 1.82) is 0 Å². The van der Waals surface area contributed by atoms with Crippen LogP contribution in [-0.2, 0) is 11.3 Å². The molecule has 6 heteroatoms. The number of anilines is 1. The number of hydrogen-bond donors (Lipinski definition) is 2. The van der Waals surface area contributed by atoms with E-state index in [1.54, 1.807) is 19.3 Å². The Morgan fingerprint density at radius 1 is 1.72 bits per heavy atom. The van der Waals surface area contributed by atoms with Gasteiger partial charge in [0.1, 0.15) is 11.9 Å². The van der Waals surface area contributed by atoms with E-state index in [-0.39, 0.29) is 11.9 Å². The Bertz CT molecular complexity index is 452. The number of amides is 1. The van der Waals surface area contributed by atoms with Gasteiger partial charge >= 0.3 is 0 Å². The molecule has 98 valence electrons. The second kappa shape index (κ2) is 5.54. The average Bonchev–Trinajstić information content (AvgIpc) is 2.87. The molecular weight excluding hydrogens is 252 g/mol. The Morgan fingerprint density at radius 2 is 2.50 bits per heavy atom. The molecule has 0 aliphatic carbocycles. The van der Waals surface area contributed by atoms with E-state index < -0.39 is 0 Å². The monoisotopic (exact) mass is 268 g/mol. The number of hydrogen-bond acceptors (Lipinski definition) is 4. The van der Waals surface area contributed by atoms with Crippen molar-refractivity contribution in [1.82, 2.24) is 10.3 Å². The second-order valence-corrected chi connectivity index (χ2v) is 4.66. The number of nitrogens with two attached hydrogens (primary N) is 1. The van der Waals surface area contributed by atoms with Crippen LogP contribution in [0.1, 0.15) is 18.4 Å². The van der Waals surface area contributed by atoms with Crippen LogP contribution in [0.2, 0.25) is 5.02 Å². The lowest BCUT2D eigenvalue weighted by atomic mass is 10.2. The SMILES string of the molecule is CNC(=O)C1CCCN1c1nccc(CN)c1Cl. The Morgan fingerprint density at radius 3 is 3.17 bits per heavy atom. The number of aromatic nitrogens is 1. The Hall–Kier alpha value is -1.33. The molecule has 0 saturated carbocycles. The molecule has 0 bridgehead atoms. The number of nitrogens with one attached hydrogen (secondary N) is 1. The van der Waals surface area contributed by atoms with Crippen molar-refractivity contribution in [3.8, 4) is 0 Å². The summed E-state index contributed by atoms with van der Waals surface area (Å²) in [5, 5.41) is 3.23. The van der Waals surface area contributed by atoms with E-state index >= 15 is 0 Å². The molecular formula is C12H17ClN4O.